The lowest BCUT2D eigenvalue weighted by Crippen LogP contribution is -2.44. The van der Waals surface area contributed by atoms with Gasteiger partial charge in [0, 0.05) is 5.69 Å². The molecule has 0 aliphatic carbocycles. The van der Waals surface area contributed by atoms with Gasteiger partial charge in [0.1, 0.15) is 17.3 Å². The maximum Gasteiger partial charge on any atom is 0.268 e. The van der Waals surface area contributed by atoms with Crippen molar-refractivity contribution in [1.29, 1.82) is 0 Å². The van der Waals surface area contributed by atoms with E-state index < -0.39 is 6.10 Å². The molecule has 0 radical (unpaired) electrons. The predicted molar refractivity (Wildman–Crippen MR) is 124 cm³/mol. The molecule has 0 saturated heterocycles. The summed E-state index contributed by atoms with van der Waals surface area (Å²) in [5, 5.41) is 2.81. The molecule has 4 rings (SSSR count). The molecule has 2 amide bonds. The Balaban J connectivity index is 1.50. The van der Waals surface area contributed by atoms with Crippen LogP contribution in [0.5, 0.6) is 11.5 Å². The normalized spacial score (nSPS) is 15.0. The van der Waals surface area contributed by atoms with E-state index in [9.17, 15) is 14.0 Å². The van der Waals surface area contributed by atoms with Crippen LogP contribution in [0.15, 0.2) is 60.7 Å². The number of carbonyl (C=O) groups is 2. The molecular weight excluding hydrogens is 423 g/mol. The summed E-state index contributed by atoms with van der Waals surface area (Å²) in [6.45, 7) is 5.72. The molecule has 3 aromatic rings. The van der Waals surface area contributed by atoms with E-state index in [2.05, 4.69) is 5.32 Å². The Morgan fingerprint density at radius 1 is 1.12 bits per heavy atom. The van der Waals surface area contributed by atoms with Crippen molar-refractivity contribution in [3.8, 4) is 11.5 Å². The van der Waals surface area contributed by atoms with Gasteiger partial charge in [0.2, 0.25) is 0 Å². The quantitative estimate of drug-likeness (QED) is 0.590. The predicted octanol–water partition coefficient (Wildman–Crippen LogP) is 4.77. The number of carbonyl (C=O) groups excluding carboxylic acids is 2. The van der Waals surface area contributed by atoms with Crippen molar-refractivity contribution in [1.82, 2.24) is 0 Å². The molecule has 1 heterocycles. The number of hydrogen-bond acceptors (Lipinski definition) is 4. The van der Waals surface area contributed by atoms with Gasteiger partial charge in [-0.15, -0.1) is 0 Å². The Kier molecular flexibility index (Phi) is 6.31. The number of rotatable bonds is 6. The van der Waals surface area contributed by atoms with Gasteiger partial charge in [-0.3, -0.25) is 9.59 Å². The Labute approximate surface area is 191 Å². The summed E-state index contributed by atoms with van der Waals surface area (Å²) in [4.78, 5) is 26.9. The number of amides is 2. The first-order valence-electron chi connectivity index (χ1n) is 10.7. The van der Waals surface area contributed by atoms with E-state index >= 15 is 0 Å². The monoisotopic (exact) mass is 448 g/mol. The fourth-order valence-electron chi connectivity index (χ4n) is 3.64. The van der Waals surface area contributed by atoms with Crippen LogP contribution in [0.4, 0.5) is 15.8 Å². The molecule has 0 fully saturated rings. The highest BCUT2D eigenvalue weighted by Crippen LogP contribution is 2.37. The Bertz CT molecular complexity index is 1190. The zero-order valence-electron chi connectivity index (χ0n) is 18.7. The number of anilines is 2. The highest BCUT2D eigenvalue weighted by molar-refractivity contribution is 6.01. The third kappa shape index (κ3) is 4.98. The van der Waals surface area contributed by atoms with Crippen LogP contribution in [-0.2, 0) is 16.1 Å². The second kappa shape index (κ2) is 9.32. The molecule has 33 heavy (non-hydrogen) atoms. The molecule has 7 heteroatoms. The van der Waals surface area contributed by atoms with Crippen LogP contribution in [0.1, 0.15) is 23.6 Å². The number of ether oxygens (including phenoxy) is 2. The average molecular weight is 448 g/mol. The summed E-state index contributed by atoms with van der Waals surface area (Å²) in [6, 6.07) is 16.8. The largest absolute Gasteiger partial charge is 0.483 e. The van der Waals surface area contributed by atoms with Crippen LogP contribution in [0.2, 0.25) is 0 Å². The van der Waals surface area contributed by atoms with Crippen molar-refractivity contribution in [3.05, 3.63) is 83.2 Å². The summed E-state index contributed by atoms with van der Waals surface area (Å²) < 4.78 is 24.7. The first-order chi connectivity index (χ1) is 15.8. The summed E-state index contributed by atoms with van der Waals surface area (Å²) >= 11 is 0. The lowest BCUT2D eigenvalue weighted by Gasteiger charge is -2.33. The molecule has 0 spiro atoms. The van der Waals surface area contributed by atoms with Crippen molar-refractivity contribution in [2.24, 2.45) is 0 Å². The molecule has 1 atom stereocenters. The minimum absolute atomic E-state index is 0.146. The molecule has 0 saturated carbocycles. The zero-order valence-corrected chi connectivity index (χ0v) is 18.7. The first kappa shape index (κ1) is 22.3. The van der Waals surface area contributed by atoms with E-state index in [1.54, 1.807) is 42.2 Å². The van der Waals surface area contributed by atoms with Crippen molar-refractivity contribution in [2.75, 3.05) is 16.8 Å². The Morgan fingerprint density at radius 3 is 2.64 bits per heavy atom. The number of nitrogens with zero attached hydrogens (tertiary/aromatic N) is 1. The lowest BCUT2D eigenvalue weighted by atomic mass is 10.1. The Morgan fingerprint density at radius 2 is 1.88 bits per heavy atom. The molecule has 170 valence electrons. The standard InChI is InChI=1S/C26H25FN2O4/c1-16-5-4-6-23(17(16)2)32-15-25(30)28-21-11-12-24-22(13-21)29(26(31)18(3)33-24)14-19-7-9-20(27)10-8-19/h4-13,18H,14-15H2,1-3H3,(H,28,30). The maximum absolute atomic E-state index is 13.3. The molecule has 0 aromatic heterocycles. The van der Waals surface area contributed by atoms with Crippen molar-refractivity contribution >= 4 is 23.2 Å². The lowest BCUT2D eigenvalue weighted by molar-refractivity contribution is -0.125. The second-order valence-electron chi connectivity index (χ2n) is 8.03. The van der Waals surface area contributed by atoms with Gasteiger partial charge in [-0.1, -0.05) is 24.3 Å². The SMILES string of the molecule is Cc1cccc(OCC(=O)Nc2ccc3c(c2)N(Cc2ccc(F)cc2)C(=O)C(C)O3)c1C. The van der Waals surface area contributed by atoms with Gasteiger partial charge in [-0.25, -0.2) is 4.39 Å². The molecule has 6 nitrogen and oxygen atoms in total. The third-order valence-corrected chi connectivity index (χ3v) is 5.62. The Hall–Kier alpha value is -3.87. The second-order valence-corrected chi connectivity index (χ2v) is 8.03. The molecular formula is C26H25FN2O4. The number of hydrogen-bond donors (Lipinski definition) is 1. The van der Waals surface area contributed by atoms with E-state index in [1.807, 2.05) is 32.0 Å². The van der Waals surface area contributed by atoms with Crippen molar-refractivity contribution in [2.45, 2.75) is 33.4 Å². The minimum atomic E-state index is -0.649. The third-order valence-electron chi connectivity index (χ3n) is 5.62. The van der Waals surface area contributed by atoms with Crippen LogP contribution < -0.4 is 19.7 Å². The minimum Gasteiger partial charge on any atom is -0.483 e. The van der Waals surface area contributed by atoms with Crippen molar-refractivity contribution in [3.63, 3.8) is 0 Å². The number of halogens is 1. The van der Waals surface area contributed by atoms with Crippen LogP contribution in [0.3, 0.4) is 0 Å². The van der Waals surface area contributed by atoms with Gasteiger partial charge in [0.25, 0.3) is 11.8 Å². The van der Waals surface area contributed by atoms with Crippen molar-refractivity contribution < 1.29 is 23.5 Å². The van der Waals surface area contributed by atoms with E-state index in [-0.39, 0.29) is 30.8 Å². The maximum atomic E-state index is 13.3. The van der Waals surface area contributed by atoms with Gasteiger partial charge in [-0.2, -0.15) is 0 Å². The zero-order chi connectivity index (χ0) is 23.5. The van der Waals surface area contributed by atoms with Gasteiger partial charge < -0.3 is 19.7 Å². The smallest absolute Gasteiger partial charge is 0.268 e. The highest BCUT2D eigenvalue weighted by atomic mass is 19.1. The van der Waals surface area contributed by atoms with Gasteiger partial charge in [0.15, 0.2) is 12.7 Å². The number of aryl methyl sites for hydroxylation is 1. The fraction of sp³-hybridized carbons (Fsp3) is 0.231. The van der Waals surface area contributed by atoms with Gasteiger partial charge in [-0.05, 0) is 73.9 Å². The average Bonchev–Trinajstić information content (AvgIpc) is 2.79. The van der Waals surface area contributed by atoms with Crippen LogP contribution in [0, 0.1) is 19.7 Å². The molecule has 1 unspecified atom stereocenters. The molecule has 0 bridgehead atoms. The van der Waals surface area contributed by atoms with E-state index in [0.29, 0.717) is 22.9 Å². The number of fused-ring (bicyclic) bond motifs is 1. The fourth-order valence-corrected chi connectivity index (χ4v) is 3.64. The molecule has 3 aromatic carbocycles. The highest BCUT2D eigenvalue weighted by Gasteiger charge is 2.32. The molecule has 1 aliphatic rings. The van der Waals surface area contributed by atoms with Gasteiger partial charge in [0.05, 0.1) is 12.2 Å². The summed E-state index contributed by atoms with van der Waals surface area (Å²) in [5.74, 6) is 0.322. The van der Waals surface area contributed by atoms with Crippen LogP contribution >= 0.6 is 0 Å². The number of benzene rings is 3. The summed E-state index contributed by atoms with van der Waals surface area (Å²) in [5.41, 5.74) is 3.90. The molecule has 1 N–H and O–H groups in total. The van der Waals surface area contributed by atoms with Crippen LogP contribution in [0.25, 0.3) is 0 Å². The van der Waals surface area contributed by atoms with Crippen LogP contribution in [-0.4, -0.2) is 24.5 Å². The van der Waals surface area contributed by atoms with Gasteiger partial charge >= 0.3 is 0 Å². The van der Waals surface area contributed by atoms with E-state index in [0.717, 1.165) is 16.7 Å². The number of nitrogens with one attached hydrogen (secondary N) is 1. The van der Waals surface area contributed by atoms with E-state index in [4.69, 9.17) is 9.47 Å². The van der Waals surface area contributed by atoms with E-state index in [1.165, 1.54) is 12.1 Å². The molecule has 1 aliphatic heterocycles. The topological polar surface area (TPSA) is 67.9 Å². The summed E-state index contributed by atoms with van der Waals surface area (Å²) in [7, 11) is 0. The first-order valence-corrected chi connectivity index (χ1v) is 10.7. The summed E-state index contributed by atoms with van der Waals surface area (Å²) in [6.07, 6.45) is -0.649.